The van der Waals surface area contributed by atoms with Crippen molar-refractivity contribution in [1.29, 1.82) is 0 Å². The number of nitrogens with zero attached hydrogens (tertiary/aromatic N) is 1. The van der Waals surface area contributed by atoms with Crippen LogP contribution in [0.5, 0.6) is 5.75 Å². The summed E-state index contributed by atoms with van der Waals surface area (Å²) >= 11 is 0. The van der Waals surface area contributed by atoms with Crippen molar-refractivity contribution in [3.8, 4) is 5.75 Å². The first-order valence-electron chi connectivity index (χ1n) is 11.0. The number of phenolic OH excluding ortho intramolecular Hbond substituents is 1. The van der Waals surface area contributed by atoms with E-state index in [2.05, 4.69) is 10.6 Å². The minimum atomic E-state index is -1.14. The summed E-state index contributed by atoms with van der Waals surface area (Å²) in [5.41, 5.74) is 4.66. The molecule has 0 radical (unpaired) electrons. The molecule has 0 aliphatic carbocycles. The third-order valence-corrected chi connectivity index (χ3v) is 6.30. The molecule has 176 valence electrons. The summed E-state index contributed by atoms with van der Waals surface area (Å²) in [6.45, 7) is 5.44. The van der Waals surface area contributed by atoms with Gasteiger partial charge in [0, 0.05) is 13.0 Å². The molecule has 3 rings (SSSR count). The topological polar surface area (TPSA) is 119 Å². The van der Waals surface area contributed by atoms with Crippen LogP contribution in [0.15, 0.2) is 36.4 Å². The largest absolute Gasteiger partial charge is 0.508 e. The highest BCUT2D eigenvalue weighted by Gasteiger charge is 2.38. The van der Waals surface area contributed by atoms with Crippen LogP contribution in [-0.2, 0) is 33.8 Å². The predicted molar refractivity (Wildman–Crippen MR) is 124 cm³/mol. The average Bonchev–Trinajstić information content (AvgIpc) is 2.77. The molecule has 33 heavy (non-hydrogen) atoms. The fourth-order valence-electron chi connectivity index (χ4n) is 4.37. The van der Waals surface area contributed by atoms with Gasteiger partial charge in [0.25, 0.3) is 0 Å². The molecular weight excluding hydrogens is 422 g/mol. The monoisotopic (exact) mass is 453 g/mol. The molecule has 3 atom stereocenters. The van der Waals surface area contributed by atoms with E-state index in [9.17, 15) is 24.6 Å². The van der Waals surface area contributed by atoms with Crippen LogP contribution < -0.4 is 10.6 Å². The van der Waals surface area contributed by atoms with E-state index >= 15 is 0 Å². The Kier molecular flexibility index (Phi) is 7.38. The van der Waals surface area contributed by atoms with Crippen molar-refractivity contribution in [1.82, 2.24) is 15.5 Å². The van der Waals surface area contributed by atoms with E-state index in [0.29, 0.717) is 12.8 Å². The summed E-state index contributed by atoms with van der Waals surface area (Å²) in [6.07, 6.45) is 0.707. The molecule has 2 unspecified atom stereocenters. The first-order chi connectivity index (χ1) is 15.6. The Labute approximate surface area is 193 Å². The number of carbonyl (C=O) groups excluding carboxylic acids is 2. The summed E-state index contributed by atoms with van der Waals surface area (Å²) in [7, 11) is 1.70. The number of carboxylic acids is 1. The number of fused-ring (bicyclic) bond motifs is 1. The Morgan fingerprint density at radius 2 is 1.73 bits per heavy atom. The SMILES string of the molecule is CNC(Cc1c(C)cc(O)cc1C)C(=O)N1Cc2ccccc2CC1C(=O)N[C@@H](C)C(=O)O. The maximum atomic E-state index is 13.7. The highest BCUT2D eigenvalue weighted by Crippen LogP contribution is 2.26. The summed E-state index contributed by atoms with van der Waals surface area (Å²) in [5, 5.41) is 24.6. The van der Waals surface area contributed by atoms with Gasteiger partial charge in [0.2, 0.25) is 11.8 Å². The second-order valence-corrected chi connectivity index (χ2v) is 8.63. The van der Waals surface area contributed by atoms with Crippen LogP contribution in [0.25, 0.3) is 0 Å². The summed E-state index contributed by atoms with van der Waals surface area (Å²) in [6, 6.07) is 8.51. The third-order valence-electron chi connectivity index (χ3n) is 6.30. The Hall–Kier alpha value is -3.39. The number of carbonyl (C=O) groups is 3. The molecule has 0 fully saturated rings. The van der Waals surface area contributed by atoms with E-state index in [0.717, 1.165) is 27.8 Å². The molecule has 0 aromatic heterocycles. The first kappa shape index (κ1) is 24.3. The molecule has 2 aromatic carbocycles. The van der Waals surface area contributed by atoms with Gasteiger partial charge in [-0.25, -0.2) is 0 Å². The maximum absolute atomic E-state index is 13.7. The first-order valence-corrected chi connectivity index (χ1v) is 11.0. The fraction of sp³-hybridized carbons (Fsp3) is 0.400. The lowest BCUT2D eigenvalue weighted by atomic mass is 9.91. The zero-order valence-corrected chi connectivity index (χ0v) is 19.4. The zero-order chi connectivity index (χ0) is 24.3. The number of likely N-dealkylation sites (N-methyl/N-ethyl adjacent to an activating group) is 1. The molecule has 0 saturated carbocycles. The van der Waals surface area contributed by atoms with Gasteiger partial charge in [-0.1, -0.05) is 24.3 Å². The van der Waals surface area contributed by atoms with Gasteiger partial charge in [-0.3, -0.25) is 14.4 Å². The van der Waals surface area contributed by atoms with E-state index in [-0.39, 0.29) is 18.2 Å². The number of aromatic hydroxyl groups is 1. The second-order valence-electron chi connectivity index (χ2n) is 8.63. The van der Waals surface area contributed by atoms with E-state index in [1.165, 1.54) is 6.92 Å². The number of carboxylic acid groups (broad SMARTS) is 1. The third kappa shape index (κ3) is 5.34. The molecule has 4 N–H and O–H groups in total. The Balaban J connectivity index is 1.91. The van der Waals surface area contributed by atoms with Crippen LogP contribution in [0.2, 0.25) is 0 Å². The number of hydrogen-bond acceptors (Lipinski definition) is 5. The van der Waals surface area contributed by atoms with Gasteiger partial charge in [-0.15, -0.1) is 0 Å². The van der Waals surface area contributed by atoms with Crippen molar-refractivity contribution in [3.63, 3.8) is 0 Å². The lowest BCUT2D eigenvalue weighted by Crippen LogP contribution is -2.58. The molecule has 8 nitrogen and oxygen atoms in total. The number of hydrogen-bond donors (Lipinski definition) is 4. The number of nitrogens with one attached hydrogen (secondary N) is 2. The molecular formula is C25H31N3O5. The number of amides is 2. The highest BCUT2D eigenvalue weighted by atomic mass is 16.4. The minimum absolute atomic E-state index is 0.179. The molecule has 2 aromatic rings. The van der Waals surface area contributed by atoms with Crippen LogP contribution in [0, 0.1) is 13.8 Å². The molecule has 1 aliphatic heterocycles. The van der Waals surface area contributed by atoms with E-state index in [1.807, 2.05) is 38.1 Å². The molecule has 8 heteroatoms. The fourth-order valence-corrected chi connectivity index (χ4v) is 4.37. The van der Waals surface area contributed by atoms with Crippen molar-refractivity contribution < 1.29 is 24.6 Å². The standard InChI is InChI=1S/C25H31N3O5/c1-14-9-19(29)10-15(2)20(14)12-21(26-4)24(31)28-13-18-8-6-5-7-17(18)11-22(28)23(30)27-16(3)25(32)33/h5-10,16,21-22,26,29H,11-13H2,1-4H3,(H,27,30)(H,32,33)/t16-,21?,22?/m0/s1. The van der Waals surface area contributed by atoms with E-state index in [1.54, 1.807) is 24.1 Å². The lowest BCUT2D eigenvalue weighted by Gasteiger charge is -2.38. The number of phenols is 1. The van der Waals surface area contributed by atoms with E-state index < -0.39 is 30.0 Å². The molecule has 1 heterocycles. The van der Waals surface area contributed by atoms with E-state index in [4.69, 9.17) is 0 Å². The van der Waals surface area contributed by atoms with Crippen LogP contribution in [-0.4, -0.2) is 58.1 Å². The number of aliphatic carboxylic acids is 1. The maximum Gasteiger partial charge on any atom is 0.325 e. The number of rotatable bonds is 7. The highest BCUT2D eigenvalue weighted by molar-refractivity contribution is 5.92. The van der Waals surface area contributed by atoms with Crippen LogP contribution in [0.4, 0.5) is 0 Å². The number of aryl methyl sites for hydroxylation is 2. The average molecular weight is 454 g/mol. The van der Waals surface area contributed by atoms with Gasteiger partial charge in [0.1, 0.15) is 17.8 Å². The molecule has 0 spiro atoms. The van der Waals surface area contributed by atoms with Crippen molar-refractivity contribution in [2.24, 2.45) is 0 Å². The summed E-state index contributed by atoms with van der Waals surface area (Å²) < 4.78 is 0. The molecule has 1 aliphatic rings. The predicted octanol–water partition coefficient (Wildman–Crippen LogP) is 1.68. The Morgan fingerprint density at radius 3 is 2.30 bits per heavy atom. The normalized spacial score (nSPS) is 17.1. The summed E-state index contributed by atoms with van der Waals surface area (Å²) in [5.74, 6) is -1.68. The van der Waals surface area contributed by atoms with Gasteiger partial charge in [-0.2, -0.15) is 0 Å². The van der Waals surface area contributed by atoms with Gasteiger partial charge < -0.3 is 25.7 Å². The Morgan fingerprint density at radius 1 is 1.12 bits per heavy atom. The molecule has 0 bridgehead atoms. The van der Waals surface area contributed by atoms with Crippen LogP contribution in [0.3, 0.4) is 0 Å². The number of benzene rings is 2. The van der Waals surface area contributed by atoms with Crippen LogP contribution in [0.1, 0.15) is 34.7 Å². The minimum Gasteiger partial charge on any atom is -0.508 e. The van der Waals surface area contributed by atoms with Gasteiger partial charge in [0.15, 0.2) is 0 Å². The van der Waals surface area contributed by atoms with Crippen LogP contribution >= 0.6 is 0 Å². The zero-order valence-electron chi connectivity index (χ0n) is 19.4. The quantitative estimate of drug-likeness (QED) is 0.507. The molecule has 0 saturated heterocycles. The molecule has 2 amide bonds. The van der Waals surface area contributed by atoms with Crippen molar-refractivity contribution in [3.05, 3.63) is 64.2 Å². The summed E-state index contributed by atoms with van der Waals surface area (Å²) in [4.78, 5) is 39.5. The van der Waals surface area contributed by atoms with Gasteiger partial charge in [-0.05, 0) is 74.2 Å². The van der Waals surface area contributed by atoms with Gasteiger partial charge >= 0.3 is 5.97 Å². The Bertz CT molecular complexity index is 1040. The van der Waals surface area contributed by atoms with Crippen molar-refractivity contribution >= 4 is 17.8 Å². The van der Waals surface area contributed by atoms with Gasteiger partial charge in [0.05, 0.1) is 6.04 Å². The second kappa shape index (κ2) is 10.0. The van der Waals surface area contributed by atoms with Crippen molar-refractivity contribution in [2.45, 2.75) is 58.3 Å². The lowest BCUT2D eigenvalue weighted by molar-refractivity contribution is -0.146. The van der Waals surface area contributed by atoms with Crippen molar-refractivity contribution in [2.75, 3.05) is 7.05 Å². The smallest absolute Gasteiger partial charge is 0.325 e.